The van der Waals surface area contributed by atoms with Gasteiger partial charge in [0.1, 0.15) is 5.54 Å². The summed E-state index contributed by atoms with van der Waals surface area (Å²) in [6.07, 6.45) is -3.20. The molecule has 2 saturated heterocycles. The van der Waals surface area contributed by atoms with Gasteiger partial charge >= 0.3 is 6.18 Å². The number of halogens is 3. The fourth-order valence-corrected chi connectivity index (χ4v) is 4.02. The van der Waals surface area contributed by atoms with Crippen LogP contribution in [-0.2, 0) is 11.0 Å². The van der Waals surface area contributed by atoms with Crippen LogP contribution in [0.1, 0.15) is 18.4 Å². The summed E-state index contributed by atoms with van der Waals surface area (Å²) in [5.74, 6) is -0.132. The molecule has 2 fully saturated rings. The number of anilines is 2. The largest absolute Gasteiger partial charge is 0.416 e. The van der Waals surface area contributed by atoms with Crippen LogP contribution in [0.4, 0.5) is 24.5 Å². The van der Waals surface area contributed by atoms with Crippen molar-refractivity contribution in [3.8, 4) is 0 Å². The Morgan fingerprint density at radius 2 is 1.59 bits per heavy atom. The highest BCUT2D eigenvalue weighted by molar-refractivity contribution is 6.06. The minimum Gasteiger partial charge on any atom is -0.338 e. The third kappa shape index (κ3) is 3.06. The Morgan fingerprint density at radius 3 is 2.26 bits per heavy atom. The first-order chi connectivity index (χ1) is 12.9. The number of benzene rings is 2. The Hall–Kier alpha value is -2.54. The molecule has 4 nitrogen and oxygen atoms in total. The molecule has 0 unspecified atom stereocenters. The minimum absolute atomic E-state index is 0.132. The number of carbonyl (C=O) groups excluding carboxylic acids is 1. The first kappa shape index (κ1) is 17.9. The Kier molecular flexibility index (Phi) is 4.34. The predicted molar refractivity (Wildman–Crippen MR) is 97.6 cm³/mol. The smallest absolute Gasteiger partial charge is 0.338 e. The van der Waals surface area contributed by atoms with Gasteiger partial charge in [-0.2, -0.15) is 13.2 Å². The van der Waals surface area contributed by atoms with E-state index in [0.29, 0.717) is 25.9 Å². The summed E-state index contributed by atoms with van der Waals surface area (Å²) in [6, 6.07) is 14.6. The lowest BCUT2D eigenvalue weighted by Gasteiger charge is -2.39. The molecule has 0 aromatic heterocycles. The number of piperidine rings is 1. The molecule has 2 aliphatic rings. The summed E-state index contributed by atoms with van der Waals surface area (Å²) in [6.45, 7) is 1.64. The van der Waals surface area contributed by atoms with Gasteiger partial charge in [0.05, 0.1) is 12.2 Å². The molecule has 0 radical (unpaired) electrons. The van der Waals surface area contributed by atoms with E-state index < -0.39 is 17.3 Å². The quantitative estimate of drug-likeness (QED) is 0.871. The molecular weight excluding hydrogens is 355 g/mol. The Labute approximate surface area is 155 Å². The van der Waals surface area contributed by atoms with Gasteiger partial charge in [-0.1, -0.05) is 24.3 Å². The lowest BCUT2D eigenvalue weighted by atomic mass is 9.86. The highest BCUT2D eigenvalue weighted by Crippen LogP contribution is 2.41. The van der Waals surface area contributed by atoms with E-state index in [1.165, 1.54) is 11.0 Å². The number of para-hydroxylation sites is 1. The van der Waals surface area contributed by atoms with Crippen molar-refractivity contribution in [1.82, 2.24) is 5.32 Å². The van der Waals surface area contributed by atoms with Crippen LogP contribution in [0.5, 0.6) is 0 Å². The van der Waals surface area contributed by atoms with E-state index in [1.54, 1.807) is 6.07 Å². The molecule has 4 rings (SSSR count). The molecule has 0 bridgehead atoms. The Balaban J connectivity index is 1.75. The van der Waals surface area contributed by atoms with E-state index in [-0.39, 0.29) is 18.3 Å². The summed E-state index contributed by atoms with van der Waals surface area (Å²) in [7, 11) is 0. The molecule has 1 N–H and O–H groups in total. The second-order valence-electron chi connectivity index (χ2n) is 6.97. The van der Waals surface area contributed by atoms with E-state index in [4.69, 9.17) is 0 Å². The molecule has 0 aliphatic carbocycles. The molecule has 27 heavy (non-hydrogen) atoms. The van der Waals surface area contributed by atoms with Crippen molar-refractivity contribution in [2.24, 2.45) is 0 Å². The SMILES string of the molecule is O=C1N(c2cccc(C(F)(F)F)c2)CN(c2ccccc2)C12CCNCC2. The highest BCUT2D eigenvalue weighted by atomic mass is 19.4. The van der Waals surface area contributed by atoms with Crippen molar-refractivity contribution in [3.05, 3.63) is 60.2 Å². The van der Waals surface area contributed by atoms with Crippen molar-refractivity contribution in [3.63, 3.8) is 0 Å². The van der Waals surface area contributed by atoms with Gasteiger partial charge in [-0.05, 0) is 56.3 Å². The maximum Gasteiger partial charge on any atom is 0.416 e. The average Bonchev–Trinajstić information content (AvgIpc) is 2.95. The molecule has 2 aliphatic heterocycles. The highest BCUT2D eigenvalue weighted by Gasteiger charge is 2.53. The molecule has 1 amide bonds. The molecule has 0 atom stereocenters. The first-order valence-corrected chi connectivity index (χ1v) is 8.94. The van der Waals surface area contributed by atoms with Gasteiger partial charge in [0.15, 0.2) is 0 Å². The van der Waals surface area contributed by atoms with Crippen LogP contribution in [0, 0.1) is 0 Å². The predicted octanol–water partition coefficient (Wildman–Crippen LogP) is 3.64. The van der Waals surface area contributed by atoms with Crippen LogP contribution in [0.3, 0.4) is 0 Å². The van der Waals surface area contributed by atoms with Crippen LogP contribution >= 0.6 is 0 Å². The van der Waals surface area contributed by atoms with Gasteiger partial charge in [-0.3, -0.25) is 9.69 Å². The third-order valence-corrected chi connectivity index (χ3v) is 5.43. The van der Waals surface area contributed by atoms with Crippen LogP contribution in [0.2, 0.25) is 0 Å². The standard InChI is InChI=1S/C20H20F3N3O/c21-20(22,23)15-5-4-8-17(13-15)25-14-26(16-6-2-1-3-7-16)19(18(25)27)9-11-24-12-10-19/h1-8,13,24H,9-12,14H2. The van der Waals surface area contributed by atoms with Gasteiger partial charge in [0, 0.05) is 11.4 Å². The molecule has 2 aromatic carbocycles. The van der Waals surface area contributed by atoms with Gasteiger partial charge in [-0.25, -0.2) is 0 Å². The van der Waals surface area contributed by atoms with Crippen molar-refractivity contribution in [2.45, 2.75) is 24.6 Å². The van der Waals surface area contributed by atoms with Crippen molar-refractivity contribution < 1.29 is 18.0 Å². The minimum atomic E-state index is -4.44. The maximum atomic E-state index is 13.4. The number of amides is 1. The zero-order valence-corrected chi connectivity index (χ0v) is 14.7. The van der Waals surface area contributed by atoms with Crippen LogP contribution in [0.15, 0.2) is 54.6 Å². The molecular formula is C20H20F3N3O. The van der Waals surface area contributed by atoms with Gasteiger partial charge in [0.25, 0.3) is 5.91 Å². The summed E-state index contributed by atoms with van der Waals surface area (Å²) < 4.78 is 39.4. The topological polar surface area (TPSA) is 35.6 Å². The molecule has 7 heteroatoms. The van der Waals surface area contributed by atoms with Gasteiger partial charge in [0.2, 0.25) is 0 Å². The van der Waals surface area contributed by atoms with Gasteiger partial charge in [-0.15, -0.1) is 0 Å². The number of nitrogens with zero attached hydrogens (tertiary/aromatic N) is 2. The lowest BCUT2D eigenvalue weighted by molar-refractivity contribution is -0.137. The average molecular weight is 375 g/mol. The Bertz CT molecular complexity index is 832. The first-order valence-electron chi connectivity index (χ1n) is 8.94. The molecule has 2 heterocycles. The fraction of sp³-hybridized carbons (Fsp3) is 0.350. The van der Waals surface area contributed by atoms with Crippen LogP contribution < -0.4 is 15.1 Å². The second kappa shape index (κ2) is 6.56. The van der Waals surface area contributed by atoms with E-state index in [9.17, 15) is 18.0 Å². The van der Waals surface area contributed by atoms with Crippen molar-refractivity contribution in [1.29, 1.82) is 0 Å². The van der Waals surface area contributed by atoms with E-state index in [2.05, 4.69) is 5.32 Å². The Morgan fingerprint density at radius 1 is 0.926 bits per heavy atom. The number of hydrogen-bond acceptors (Lipinski definition) is 3. The van der Waals surface area contributed by atoms with E-state index >= 15 is 0 Å². The maximum absolute atomic E-state index is 13.4. The third-order valence-electron chi connectivity index (χ3n) is 5.43. The summed E-state index contributed by atoms with van der Waals surface area (Å²) in [5.41, 5.74) is -0.278. The zero-order chi connectivity index (χ0) is 19.1. The zero-order valence-electron chi connectivity index (χ0n) is 14.7. The van der Waals surface area contributed by atoms with Crippen molar-refractivity contribution in [2.75, 3.05) is 29.6 Å². The summed E-state index contributed by atoms with van der Waals surface area (Å²) in [4.78, 5) is 16.9. The van der Waals surface area contributed by atoms with Gasteiger partial charge < -0.3 is 10.2 Å². The van der Waals surface area contributed by atoms with Crippen LogP contribution in [-0.4, -0.2) is 31.2 Å². The molecule has 2 aromatic rings. The lowest BCUT2D eigenvalue weighted by Crippen LogP contribution is -2.55. The fourth-order valence-electron chi connectivity index (χ4n) is 4.02. The van der Waals surface area contributed by atoms with Crippen molar-refractivity contribution >= 4 is 17.3 Å². The second-order valence-corrected chi connectivity index (χ2v) is 6.97. The number of nitrogens with one attached hydrogen (secondary N) is 1. The summed E-state index contributed by atoms with van der Waals surface area (Å²) in [5, 5.41) is 3.27. The number of alkyl halides is 3. The summed E-state index contributed by atoms with van der Waals surface area (Å²) >= 11 is 0. The van der Waals surface area contributed by atoms with Crippen LogP contribution in [0.25, 0.3) is 0 Å². The van der Waals surface area contributed by atoms with E-state index in [1.807, 2.05) is 35.2 Å². The monoisotopic (exact) mass is 375 g/mol. The van der Waals surface area contributed by atoms with E-state index in [0.717, 1.165) is 17.8 Å². The number of rotatable bonds is 2. The molecule has 1 spiro atoms. The number of carbonyl (C=O) groups is 1. The molecule has 0 saturated carbocycles. The normalized spacial score (nSPS) is 19.7. The number of hydrogen-bond donors (Lipinski definition) is 1. The molecule has 142 valence electrons.